The van der Waals surface area contributed by atoms with Crippen LogP contribution in [0.3, 0.4) is 0 Å². The van der Waals surface area contributed by atoms with Crippen LogP contribution in [0.5, 0.6) is 0 Å². The highest BCUT2D eigenvalue weighted by Gasteiger charge is 2.29. The van der Waals surface area contributed by atoms with Crippen molar-refractivity contribution in [1.82, 2.24) is 10.6 Å². The van der Waals surface area contributed by atoms with Gasteiger partial charge in [-0.05, 0) is 43.8 Å². The van der Waals surface area contributed by atoms with Crippen LogP contribution < -0.4 is 16.0 Å². The maximum absolute atomic E-state index is 11.8. The van der Waals surface area contributed by atoms with Crippen molar-refractivity contribution in [3.8, 4) is 0 Å². The lowest BCUT2D eigenvalue weighted by molar-refractivity contribution is 0.0198. The summed E-state index contributed by atoms with van der Waals surface area (Å²) in [4.78, 5) is 12.9. The highest BCUT2D eigenvalue weighted by molar-refractivity contribution is 7.98. The van der Waals surface area contributed by atoms with Gasteiger partial charge in [-0.1, -0.05) is 6.07 Å². The van der Waals surface area contributed by atoms with Crippen LogP contribution in [0.1, 0.15) is 12.8 Å². The summed E-state index contributed by atoms with van der Waals surface area (Å²) >= 11 is 1.63. The summed E-state index contributed by atoms with van der Waals surface area (Å²) in [5, 5.41) is 18.9. The second kappa shape index (κ2) is 6.97. The predicted octanol–water partition coefficient (Wildman–Crippen LogP) is 1.64. The Hall–Kier alpha value is -1.24. The number of hydrogen-bond donors (Lipinski definition) is 4. The molecule has 1 atom stereocenters. The number of nitrogens with one attached hydrogen (secondary N) is 3. The van der Waals surface area contributed by atoms with Gasteiger partial charge in [0.15, 0.2) is 0 Å². The molecule has 0 saturated carbocycles. The predicted molar refractivity (Wildman–Crippen MR) is 82.3 cm³/mol. The first-order chi connectivity index (χ1) is 9.61. The van der Waals surface area contributed by atoms with Crippen molar-refractivity contribution in [3.63, 3.8) is 0 Å². The summed E-state index contributed by atoms with van der Waals surface area (Å²) in [5.41, 5.74) is -0.0837. The van der Waals surface area contributed by atoms with Gasteiger partial charge in [0.25, 0.3) is 0 Å². The average Bonchev–Trinajstić information content (AvgIpc) is 2.46. The molecule has 1 aliphatic heterocycles. The number of carbonyl (C=O) groups is 1. The Labute approximate surface area is 123 Å². The summed E-state index contributed by atoms with van der Waals surface area (Å²) < 4.78 is 0. The minimum Gasteiger partial charge on any atom is -0.387 e. The maximum atomic E-state index is 11.8. The number of aliphatic hydroxyl groups is 1. The van der Waals surface area contributed by atoms with Gasteiger partial charge in [0.1, 0.15) is 0 Å². The van der Waals surface area contributed by atoms with E-state index in [1.165, 1.54) is 0 Å². The molecule has 0 aliphatic carbocycles. The highest BCUT2D eigenvalue weighted by Crippen LogP contribution is 2.19. The van der Waals surface area contributed by atoms with Crippen molar-refractivity contribution >= 4 is 23.5 Å². The molecule has 1 heterocycles. The number of rotatable bonds is 4. The third-order valence-corrected chi connectivity index (χ3v) is 4.08. The van der Waals surface area contributed by atoms with E-state index in [4.69, 9.17) is 0 Å². The van der Waals surface area contributed by atoms with Gasteiger partial charge in [-0.15, -0.1) is 11.8 Å². The largest absolute Gasteiger partial charge is 0.387 e. The highest BCUT2D eigenvalue weighted by atomic mass is 32.2. The molecule has 0 unspecified atom stereocenters. The molecule has 1 saturated heterocycles. The first-order valence-electron chi connectivity index (χ1n) is 6.73. The van der Waals surface area contributed by atoms with Crippen molar-refractivity contribution in [3.05, 3.63) is 24.3 Å². The lowest BCUT2D eigenvalue weighted by Gasteiger charge is -2.32. The zero-order valence-corrected chi connectivity index (χ0v) is 12.4. The molecule has 6 heteroatoms. The summed E-state index contributed by atoms with van der Waals surface area (Å²) in [6.07, 6.45) is 3.63. The minimum absolute atomic E-state index is 0.258. The molecule has 2 amide bonds. The molecule has 1 aromatic carbocycles. The number of piperidine rings is 1. The van der Waals surface area contributed by atoms with Gasteiger partial charge in [-0.2, -0.15) is 0 Å². The molecular formula is C14H21N3O2S. The van der Waals surface area contributed by atoms with Crippen LogP contribution >= 0.6 is 11.8 Å². The number of β-amino-alcohol motifs (C(OH)–C–C–N with tert-alkyl or cyclic N) is 1. The number of amides is 2. The fourth-order valence-corrected chi connectivity index (χ4v) is 2.68. The molecular weight excluding hydrogens is 274 g/mol. The fraction of sp³-hybridized carbons (Fsp3) is 0.500. The first-order valence-corrected chi connectivity index (χ1v) is 7.96. The van der Waals surface area contributed by atoms with E-state index < -0.39 is 5.60 Å². The third-order valence-electron chi connectivity index (χ3n) is 3.36. The van der Waals surface area contributed by atoms with Crippen molar-refractivity contribution in [2.45, 2.75) is 23.3 Å². The monoisotopic (exact) mass is 295 g/mol. The van der Waals surface area contributed by atoms with Gasteiger partial charge in [-0.3, -0.25) is 0 Å². The summed E-state index contributed by atoms with van der Waals surface area (Å²) in [7, 11) is 0. The topological polar surface area (TPSA) is 73.4 Å². The van der Waals surface area contributed by atoms with Crippen LogP contribution in [-0.4, -0.2) is 42.6 Å². The lowest BCUT2D eigenvalue weighted by Crippen LogP contribution is -2.53. The molecule has 20 heavy (non-hydrogen) atoms. The normalized spacial score (nSPS) is 22.3. The summed E-state index contributed by atoms with van der Waals surface area (Å²) in [6, 6.07) is 7.36. The van der Waals surface area contributed by atoms with Crippen LogP contribution in [0.25, 0.3) is 0 Å². The molecule has 0 radical (unpaired) electrons. The van der Waals surface area contributed by atoms with Gasteiger partial charge in [0.2, 0.25) is 0 Å². The quantitative estimate of drug-likeness (QED) is 0.637. The van der Waals surface area contributed by atoms with Crippen molar-refractivity contribution in [2.24, 2.45) is 0 Å². The SMILES string of the molecule is CSc1cccc(NC(=O)NC[C@@]2(O)CCCNC2)c1. The van der Waals surface area contributed by atoms with Crippen LogP contribution in [0.15, 0.2) is 29.2 Å². The van der Waals surface area contributed by atoms with Crippen LogP contribution in [-0.2, 0) is 0 Å². The standard InChI is InChI=1S/C14H21N3O2S/c1-20-12-5-2-4-11(8-12)17-13(18)16-10-14(19)6-3-7-15-9-14/h2,4-5,8,15,19H,3,6-7,9-10H2,1H3,(H2,16,17,18)/t14-/m1/s1. The Bertz CT molecular complexity index is 461. The van der Waals surface area contributed by atoms with Gasteiger partial charge < -0.3 is 21.1 Å². The molecule has 1 aliphatic rings. The number of anilines is 1. The van der Waals surface area contributed by atoms with E-state index in [1.54, 1.807) is 11.8 Å². The van der Waals surface area contributed by atoms with Crippen LogP contribution in [0.2, 0.25) is 0 Å². The molecule has 5 nitrogen and oxygen atoms in total. The lowest BCUT2D eigenvalue weighted by atomic mass is 9.94. The smallest absolute Gasteiger partial charge is 0.319 e. The number of thioether (sulfide) groups is 1. The van der Waals surface area contributed by atoms with Gasteiger partial charge in [0.05, 0.1) is 5.60 Å². The molecule has 0 spiro atoms. The van der Waals surface area contributed by atoms with E-state index in [9.17, 15) is 9.90 Å². The van der Waals surface area contributed by atoms with Crippen molar-refractivity contribution < 1.29 is 9.90 Å². The van der Waals surface area contributed by atoms with Gasteiger partial charge in [-0.25, -0.2) is 4.79 Å². The average molecular weight is 295 g/mol. The zero-order valence-electron chi connectivity index (χ0n) is 11.6. The fourth-order valence-electron chi connectivity index (χ4n) is 2.22. The first kappa shape index (κ1) is 15.2. The number of benzene rings is 1. The van der Waals surface area contributed by atoms with Crippen molar-refractivity contribution in [2.75, 3.05) is 31.2 Å². The second-order valence-corrected chi connectivity index (χ2v) is 5.92. The number of carbonyl (C=O) groups excluding carboxylic acids is 1. The van der Waals surface area contributed by atoms with Gasteiger partial charge in [0, 0.05) is 23.7 Å². The Morgan fingerprint density at radius 2 is 2.40 bits per heavy atom. The number of hydrogen-bond acceptors (Lipinski definition) is 4. The van der Waals surface area contributed by atoms with Crippen molar-refractivity contribution in [1.29, 1.82) is 0 Å². The zero-order chi connectivity index (χ0) is 14.4. The van der Waals surface area contributed by atoms with Gasteiger partial charge >= 0.3 is 6.03 Å². The summed E-state index contributed by atoms with van der Waals surface area (Å²) in [6.45, 7) is 1.71. The van der Waals surface area contributed by atoms with E-state index in [0.29, 0.717) is 13.0 Å². The van der Waals surface area contributed by atoms with Crippen LogP contribution in [0.4, 0.5) is 10.5 Å². The van der Waals surface area contributed by atoms with E-state index >= 15 is 0 Å². The molecule has 0 aromatic heterocycles. The molecule has 0 bridgehead atoms. The third kappa shape index (κ3) is 4.40. The van der Waals surface area contributed by atoms with E-state index in [1.807, 2.05) is 30.5 Å². The van der Waals surface area contributed by atoms with E-state index in [2.05, 4.69) is 16.0 Å². The molecule has 1 fully saturated rings. The number of urea groups is 1. The second-order valence-electron chi connectivity index (χ2n) is 5.04. The van der Waals surface area contributed by atoms with E-state index in [0.717, 1.165) is 23.5 Å². The Balaban J connectivity index is 1.82. The Morgan fingerprint density at radius 3 is 3.10 bits per heavy atom. The molecule has 110 valence electrons. The van der Waals surface area contributed by atoms with E-state index in [-0.39, 0.29) is 12.6 Å². The summed E-state index contributed by atoms with van der Waals surface area (Å²) in [5.74, 6) is 0. The molecule has 1 aromatic rings. The maximum Gasteiger partial charge on any atom is 0.319 e. The Morgan fingerprint density at radius 1 is 1.55 bits per heavy atom. The minimum atomic E-state index is -0.837. The van der Waals surface area contributed by atoms with Crippen LogP contribution in [0, 0.1) is 0 Å². The molecule has 2 rings (SSSR count). The molecule has 4 N–H and O–H groups in total. The Kier molecular flexibility index (Phi) is 5.28.